The summed E-state index contributed by atoms with van der Waals surface area (Å²) in [5.74, 6) is -0.0875. The number of nitrogens with one attached hydrogen (secondary N) is 2. The Balaban J connectivity index is 1.38. The molecule has 1 saturated carbocycles. The average molecular weight is 547 g/mol. The molecule has 0 aromatic heterocycles. The van der Waals surface area contributed by atoms with E-state index in [1.165, 1.54) is 25.3 Å². The molecule has 0 atom stereocenters. The number of hydrogen-bond donors (Lipinski definition) is 2. The Kier molecular flexibility index (Phi) is 9.75. The number of amides is 2. The molecule has 0 radical (unpaired) electrons. The Morgan fingerprint density at radius 1 is 0.923 bits per heavy atom. The summed E-state index contributed by atoms with van der Waals surface area (Å²) in [6.07, 6.45) is 4.76. The van der Waals surface area contributed by atoms with E-state index in [4.69, 9.17) is 21.1 Å². The van der Waals surface area contributed by atoms with Crippen LogP contribution in [0, 0.1) is 0 Å². The van der Waals surface area contributed by atoms with E-state index in [1.54, 1.807) is 30.3 Å². The first-order valence-corrected chi connectivity index (χ1v) is 13.3. The first kappa shape index (κ1) is 27.9. The van der Waals surface area contributed by atoms with E-state index in [2.05, 4.69) is 10.6 Å². The van der Waals surface area contributed by atoms with Crippen molar-refractivity contribution in [3.63, 3.8) is 0 Å². The van der Waals surface area contributed by atoms with Gasteiger partial charge in [0.25, 0.3) is 11.8 Å². The summed E-state index contributed by atoms with van der Waals surface area (Å²) in [5, 5.41) is 6.09. The van der Waals surface area contributed by atoms with Crippen molar-refractivity contribution >= 4 is 35.5 Å². The lowest BCUT2D eigenvalue weighted by Gasteiger charge is -2.12. The van der Waals surface area contributed by atoms with Crippen LogP contribution in [0.1, 0.15) is 52.7 Å². The first-order valence-electron chi connectivity index (χ1n) is 12.9. The van der Waals surface area contributed by atoms with Crippen molar-refractivity contribution in [2.75, 3.05) is 19.8 Å². The third-order valence-electron chi connectivity index (χ3n) is 6.17. The molecular formula is C31H31ClN2O5. The Bertz CT molecular complexity index is 1310. The van der Waals surface area contributed by atoms with Crippen molar-refractivity contribution in [1.29, 1.82) is 0 Å². The second kappa shape index (κ2) is 13.6. The van der Waals surface area contributed by atoms with Gasteiger partial charge >= 0.3 is 5.97 Å². The monoisotopic (exact) mass is 546 g/mol. The number of ether oxygens (including phenoxy) is 2. The van der Waals surface area contributed by atoms with Gasteiger partial charge in [-0.05, 0) is 77.9 Å². The summed E-state index contributed by atoms with van der Waals surface area (Å²) >= 11 is 5.92. The lowest BCUT2D eigenvalue weighted by Crippen LogP contribution is -2.36. The largest absolute Gasteiger partial charge is 0.493 e. The number of halogens is 1. The number of hydrogen-bond acceptors (Lipinski definition) is 5. The van der Waals surface area contributed by atoms with Crippen LogP contribution < -0.4 is 15.4 Å². The quantitative estimate of drug-likeness (QED) is 0.183. The first-order chi connectivity index (χ1) is 18.9. The molecule has 2 N–H and O–H groups in total. The van der Waals surface area contributed by atoms with Crippen molar-refractivity contribution in [1.82, 2.24) is 10.6 Å². The number of esters is 1. The SMILES string of the molecule is CC(=O)OCCNC(=O)/C(=C/c1ccc(C2CC2)cc1)NC(=O)c1ccc(OCCc2ccc(Cl)cc2)cc1. The highest BCUT2D eigenvalue weighted by atomic mass is 35.5. The van der Waals surface area contributed by atoms with Crippen LogP contribution in [-0.4, -0.2) is 37.5 Å². The van der Waals surface area contributed by atoms with Gasteiger partial charge in [-0.15, -0.1) is 0 Å². The highest BCUT2D eigenvalue weighted by Crippen LogP contribution is 2.39. The van der Waals surface area contributed by atoms with Crippen LogP contribution in [0.2, 0.25) is 5.02 Å². The Hall–Kier alpha value is -4.10. The van der Waals surface area contributed by atoms with Gasteiger partial charge in [0.15, 0.2) is 0 Å². The average Bonchev–Trinajstić information content (AvgIpc) is 3.78. The molecule has 39 heavy (non-hydrogen) atoms. The molecule has 0 saturated heterocycles. The molecule has 8 heteroatoms. The van der Waals surface area contributed by atoms with Gasteiger partial charge in [0, 0.05) is 23.9 Å². The molecule has 2 amide bonds. The molecular weight excluding hydrogens is 516 g/mol. The highest BCUT2D eigenvalue weighted by Gasteiger charge is 2.23. The molecule has 202 valence electrons. The second-order valence-electron chi connectivity index (χ2n) is 9.30. The maximum Gasteiger partial charge on any atom is 0.302 e. The van der Waals surface area contributed by atoms with E-state index < -0.39 is 17.8 Å². The summed E-state index contributed by atoms with van der Waals surface area (Å²) in [6.45, 7) is 1.94. The van der Waals surface area contributed by atoms with Crippen LogP contribution in [0.4, 0.5) is 0 Å². The molecule has 3 aromatic carbocycles. The maximum atomic E-state index is 13.0. The Morgan fingerprint density at radius 3 is 2.26 bits per heavy atom. The van der Waals surface area contributed by atoms with Crippen LogP contribution in [0.15, 0.2) is 78.5 Å². The van der Waals surface area contributed by atoms with Gasteiger partial charge in [0.2, 0.25) is 0 Å². The van der Waals surface area contributed by atoms with Gasteiger partial charge in [0.05, 0.1) is 13.2 Å². The zero-order valence-electron chi connectivity index (χ0n) is 21.7. The Morgan fingerprint density at radius 2 is 1.62 bits per heavy atom. The van der Waals surface area contributed by atoms with Gasteiger partial charge < -0.3 is 20.1 Å². The predicted octanol–water partition coefficient (Wildman–Crippen LogP) is 5.29. The fourth-order valence-electron chi connectivity index (χ4n) is 3.90. The van der Waals surface area contributed by atoms with Gasteiger partial charge in [-0.25, -0.2) is 0 Å². The fraction of sp³-hybridized carbons (Fsp3) is 0.258. The lowest BCUT2D eigenvalue weighted by molar-refractivity contribution is -0.141. The molecule has 1 aliphatic rings. The van der Waals surface area contributed by atoms with Gasteiger partial charge in [0.1, 0.15) is 18.1 Å². The van der Waals surface area contributed by atoms with Gasteiger partial charge in [-0.1, -0.05) is 48.0 Å². The molecule has 0 heterocycles. The van der Waals surface area contributed by atoms with E-state index in [0.29, 0.717) is 28.9 Å². The molecule has 0 bridgehead atoms. The zero-order chi connectivity index (χ0) is 27.6. The smallest absolute Gasteiger partial charge is 0.302 e. The predicted molar refractivity (Wildman–Crippen MR) is 151 cm³/mol. The topological polar surface area (TPSA) is 93.7 Å². The van der Waals surface area contributed by atoms with E-state index in [0.717, 1.165) is 17.5 Å². The number of carbonyl (C=O) groups excluding carboxylic acids is 3. The normalized spacial score (nSPS) is 12.9. The standard InChI is InChI=1S/C31H31ClN2O5/c1-21(35)38-19-17-33-31(37)29(20-23-2-6-24(7-3-23)25-8-9-25)34-30(36)26-10-14-28(15-11-26)39-18-16-22-4-12-27(32)13-5-22/h2-7,10-15,20,25H,8-9,16-19H2,1H3,(H,33,37)(H,34,36)/b29-20-. The molecule has 4 rings (SSSR count). The Labute approximate surface area is 233 Å². The van der Waals surface area contributed by atoms with Gasteiger partial charge in [-0.2, -0.15) is 0 Å². The number of carbonyl (C=O) groups is 3. The highest BCUT2D eigenvalue weighted by molar-refractivity contribution is 6.30. The molecule has 0 spiro atoms. The summed E-state index contributed by atoms with van der Waals surface area (Å²) in [7, 11) is 0. The van der Waals surface area contributed by atoms with Crippen molar-refractivity contribution in [3.8, 4) is 5.75 Å². The van der Waals surface area contributed by atoms with E-state index >= 15 is 0 Å². The number of rotatable bonds is 12. The fourth-order valence-corrected chi connectivity index (χ4v) is 4.02. The maximum absolute atomic E-state index is 13.0. The molecule has 7 nitrogen and oxygen atoms in total. The van der Waals surface area contributed by atoms with Crippen molar-refractivity contribution in [2.24, 2.45) is 0 Å². The molecule has 1 aliphatic carbocycles. The van der Waals surface area contributed by atoms with Crippen molar-refractivity contribution in [2.45, 2.75) is 32.1 Å². The molecule has 3 aromatic rings. The van der Waals surface area contributed by atoms with Crippen molar-refractivity contribution < 1.29 is 23.9 Å². The van der Waals surface area contributed by atoms with E-state index in [9.17, 15) is 14.4 Å². The molecule has 0 aliphatic heterocycles. The third-order valence-corrected chi connectivity index (χ3v) is 6.42. The van der Waals surface area contributed by atoms with E-state index in [-0.39, 0.29) is 18.8 Å². The van der Waals surface area contributed by atoms with Crippen LogP contribution in [-0.2, 0) is 20.7 Å². The summed E-state index contributed by atoms with van der Waals surface area (Å²) in [5.41, 5.74) is 3.64. The summed E-state index contributed by atoms with van der Waals surface area (Å²) in [6, 6.07) is 22.3. The molecule has 0 unspecified atom stereocenters. The minimum Gasteiger partial charge on any atom is -0.493 e. The van der Waals surface area contributed by atoms with Crippen LogP contribution in [0.3, 0.4) is 0 Å². The summed E-state index contributed by atoms with van der Waals surface area (Å²) in [4.78, 5) is 36.9. The lowest BCUT2D eigenvalue weighted by atomic mass is 10.1. The van der Waals surface area contributed by atoms with Crippen molar-refractivity contribution in [3.05, 3.63) is 106 Å². The number of benzene rings is 3. The minimum absolute atomic E-state index is 0.0395. The van der Waals surface area contributed by atoms with Crippen LogP contribution in [0.5, 0.6) is 5.75 Å². The summed E-state index contributed by atoms with van der Waals surface area (Å²) < 4.78 is 10.7. The van der Waals surface area contributed by atoms with Gasteiger partial charge in [-0.3, -0.25) is 14.4 Å². The molecule has 1 fully saturated rings. The second-order valence-corrected chi connectivity index (χ2v) is 9.73. The minimum atomic E-state index is -0.482. The van der Waals surface area contributed by atoms with E-state index in [1.807, 2.05) is 48.5 Å². The van der Waals surface area contributed by atoms with Crippen LogP contribution in [0.25, 0.3) is 6.08 Å². The zero-order valence-corrected chi connectivity index (χ0v) is 22.5. The third kappa shape index (κ3) is 9.00. The van der Waals surface area contributed by atoms with Crippen LogP contribution >= 0.6 is 11.6 Å².